The number of fused-ring (bicyclic) bond motifs is 1. The van der Waals surface area contributed by atoms with Crippen LogP contribution in [0, 0.1) is 6.92 Å². The first-order valence-corrected chi connectivity index (χ1v) is 19.9. The lowest BCUT2D eigenvalue weighted by Gasteiger charge is -2.27. The van der Waals surface area contributed by atoms with E-state index in [4.69, 9.17) is 28.1 Å². The summed E-state index contributed by atoms with van der Waals surface area (Å²) in [5.74, 6) is 0.906. The molecule has 54 heavy (non-hydrogen) atoms. The van der Waals surface area contributed by atoms with Gasteiger partial charge in [0.15, 0.2) is 0 Å². The minimum atomic E-state index is -3.82. The Kier molecular flexibility index (Phi) is 14.1. The molecule has 0 atom stereocenters. The average molecular weight is 777 g/mol. The van der Waals surface area contributed by atoms with E-state index in [-0.39, 0.29) is 37.9 Å². The Morgan fingerprint density at radius 1 is 0.759 bits per heavy atom. The van der Waals surface area contributed by atoms with Gasteiger partial charge in [-0.05, 0) is 75.7 Å². The van der Waals surface area contributed by atoms with Crippen molar-refractivity contribution in [3.8, 4) is 21.7 Å². The van der Waals surface area contributed by atoms with Crippen LogP contribution in [-0.4, -0.2) is 97.0 Å². The first-order valence-electron chi connectivity index (χ1n) is 17.6. The number of hydrogen-bond donors (Lipinski definition) is 0. The van der Waals surface area contributed by atoms with Crippen LogP contribution in [0.15, 0.2) is 90.0 Å². The second kappa shape index (κ2) is 18.7. The molecule has 5 aromatic rings. The molecule has 0 saturated carbocycles. The van der Waals surface area contributed by atoms with Gasteiger partial charge in [-0.2, -0.15) is 8.42 Å². The van der Waals surface area contributed by atoms with Crippen LogP contribution in [-0.2, 0) is 33.2 Å². The van der Waals surface area contributed by atoms with Crippen LogP contribution >= 0.6 is 11.3 Å². The Morgan fingerprint density at radius 3 is 1.98 bits per heavy atom. The van der Waals surface area contributed by atoms with Crippen LogP contribution in [0.4, 0.5) is 16.3 Å². The van der Waals surface area contributed by atoms with Crippen LogP contribution in [0.1, 0.15) is 26.3 Å². The van der Waals surface area contributed by atoms with Crippen LogP contribution in [0.3, 0.4) is 0 Å². The molecule has 0 bridgehead atoms. The fourth-order valence-corrected chi connectivity index (χ4v) is 7.04. The lowest BCUT2D eigenvalue weighted by molar-refractivity contribution is 0.0103. The van der Waals surface area contributed by atoms with Crippen molar-refractivity contribution in [3.63, 3.8) is 0 Å². The molecule has 0 aliphatic carbocycles. The van der Waals surface area contributed by atoms with Crippen LogP contribution in [0.2, 0.25) is 0 Å². The van der Waals surface area contributed by atoms with Gasteiger partial charge >= 0.3 is 6.09 Å². The molecular weight excluding hydrogens is 729 g/mol. The third kappa shape index (κ3) is 11.8. The first-order chi connectivity index (χ1) is 25.8. The molecule has 0 aliphatic heterocycles. The van der Waals surface area contributed by atoms with Gasteiger partial charge in [-0.3, -0.25) is 9.08 Å². The summed E-state index contributed by atoms with van der Waals surface area (Å²) in [7, 11) is 0.114. The summed E-state index contributed by atoms with van der Waals surface area (Å²) in [6, 6.07) is 24.5. The van der Waals surface area contributed by atoms with E-state index in [9.17, 15) is 13.2 Å². The Bertz CT molecular complexity index is 2060. The van der Waals surface area contributed by atoms with Gasteiger partial charge in [0.2, 0.25) is 0 Å². The average Bonchev–Trinajstić information content (AvgIpc) is 3.57. The number of rotatable bonds is 18. The predicted octanol–water partition coefficient (Wildman–Crippen LogP) is 7.60. The highest BCUT2D eigenvalue weighted by molar-refractivity contribution is 7.86. The van der Waals surface area contributed by atoms with E-state index in [0.717, 1.165) is 43.3 Å². The van der Waals surface area contributed by atoms with Gasteiger partial charge in [-0.1, -0.05) is 42.0 Å². The number of carbonyl (C=O) groups excluding carboxylic acids is 1. The number of benzene rings is 3. The van der Waals surface area contributed by atoms with Crippen molar-refractivity contribution in [2.75, 3.05) is 76.7 Å². The topological polar surface area (TPSA) is 130 Å². The minimum Gasteiger partial charge on any atom is -0.443 e. The maximum atomic E-state index is 13.3. The minimum absolute atomic E-state index is 0.0931. The molecule has 14 heteroatoms. The Hall–Kier alpha value is -4.44. The summed E-state index contributed by atoms with van der Waals surface area (Å²) in [6.45, 7) is 9.15. The van der Waals surface area contributed by atoms with Gasteiger partial charge in [-0.15, -0.1) is 11.3 Å². The SMILES string of the molecule is Cc1ccc(S(=O)(=O)OCCOCCOCCOCCN(C(=O)OC(C)(C)C)c2ccc3nc(-c4ccc(-c5ccc(N(C)C)nc5)cc4)sc3c2)cc1. The molecule has 3 aromatic carbocycles. The maximum Gasteiger partial charge on any atom is 0.414 e. The molecule has 288 valence electrons. The summed E-state index contributed by atoms with van der Waals surface area (Å²) in [6.07, 6.45) is 1.41. The van der Waals surface area contributed by atoms with E-state index < -0.39 is 21.8 Å². The van der Waals surface area contributed by atoms with Gasteiger partial charge in [0, 0.05) is 37.1 Å². The highest BCUT2D eigenvalue weighted by atomic mass is 32.2. The van der Waals surface area contributed by atoms with Crippen LogP contribution in [0.5, 0.6) is 0 Å². The second-order valence-electron chi connectivity index (χ2n) is 13.6. The molecular formula is C40H48N4O8S2. The van der Waals surface area contributed by atoms with Crippen molar-refractivity contribution in [3.05, 3.63) is 90.6 Å². The molecule has 0 radical (unpaired) electrons. The van der Waals surface area contributed by atoms with E-state index in [0.29, 0.717) is 25.5 Å². The molecule has 0 unspecified atom stereocenters. The maximum absolute atomic E-state index is 13.3. The lowest BCUT2D eigenvalue weighted by Crippen LogP contribution is -2.39. The summed E-state index contributed by atoms with van der Waals surface area (Å²) >= 11 is 1.56. The van der Waals surface area contributed by atoms with E-state index >= 15 is 0 Å². The molecule has 0 N–H and O–H groups in total. The number of hydrogen-bond acceptors (Lipinski definition) is 12. The number of aromatic nitrogens is 2. The molecule has 2 heterocycles. The van der Waals surface area contributed by atoms with Crippen LogP contribution in [0.25, 0.3) is 31.9 Å². The number of ether oxygens (including phenoxy) is 4. The number of thiazole rings is 1. The molecule has 12 nitrogen and oxygen atoms in total. The second-order valence-corrected chi connectivity index (χ2v) is 16.3. The van der Waals surface area contributed by atoms with Crippen molar-refractivity contribution in [1.82, 2.24) is 9.97 Å². The van der Waals surface area contributed by atoms with E-state index in [1.165, 1.54) is 12.1 Å². The summed E-state index contributed by atoms with van der Waals surface area (Å²) in [4.78, 5) is 26.4. The van der Waals surface area contributed by atoms with Crippen molar-refractivity contribution in [1.29, 1.82) is 0 Å². The largest absolute Gasteiger partial charge is 0.443 e. The van der Waals surface area contributed by atoms with E-state index in [1.54, 1.807) is 28.4 Å². The lowest BCUT2D eigenvalue weighted by atomic mass is 10.1. The molecule has 0 aliphatic rings. The van der Waals surface area contributed by atoms with E-state index in [1.807, 2.05) is 77.2 Å². The summed E-state index contributed by atoms with van der Waals surface area (Å²) < 4.78 is 53.0. The summed E-state index contributed by atoms with van der Waals surface area (Å²) in [5, 5.41) is 0.881. The number of aryl methyl sites for hydroxylation is 1. The molecule has 5 rings (SSSR count). The number of nitrogens with zero attached hydrogens (tertiary/aromatic N) is 4. The molecule has 0 saturated heterocycles. The van der Waals surface area contributed by atoms with Gasteiger partial charge in [-0.25, -0.2) is 14.8 Å². The van der Waals surface area contributed by atoms with Crippen molar-refractivity contribution in [2.24, 2.45) is 0 Å². The van der Waals surface area contributed by atoms with Gasteiger partial charge < -0.3 is 23.8 Å². The number of carbonyl (C=O) groups is 1. The Labute approximate surface area is 321 Å². The fraction of sp³-hybridized carbons (Fsp3) is 0.375. The highest BCUT2D eigenvalue weighted by Crippen LogP contribution is 2.34. The third-order valence-corrected chi connectivity index (χ3v) is 10.3. The van der Waals surface area contributed by atoms with Crippen LogP contribution < -0.4 is 9.80 Å². The molecule has 1 amide bonds. The number of anilines is 2. The van der Waals surface area contributed by atoms with Gasteiger partial charge in [0.1, 0.15) is 16.4 Å². The third-order valence-electron chi connectivity index (χ3n) is 7.95. The molecule has 0 spiro atoms. The van der Waals surface area contributed by atoms with Gasteiger partial charge in [0.05, 0.1) is 67.9 Å². The van der Waals surface area contributed by atoms with Crippen molar-refractivity contribution >= 4 is 49.3 Å². The number of pyridine rings is 1. The van der Waals surface area contributed by atoms with Crippen molar-refractivity contribution in [2.45, 2.75) is 38.2 Å². The monoisotopic (exact) mass is 776 g/mol. The predicted molar refractivity (Wildman–Crippen MR) is 213 cm³/mol. The molecule has 0 fully saturated rings. The van der Waals surface area contributed by atoms with Crippen molar-refractivity contribution < 1.29 is 36.3 Å². The highest BCUT2D eigenvalue weighted by Gasteiger charge is 2.24. The zero-order valence-electron chi connectivity index (χ0n) is 31.6. The zero-order valence-corrected chi connectivity index (χ0v) is 33.2. The molecule has 2 aromatic heterocycles. The standard InChI is InChI=1S/C40H48N4O8S2/c1-29-7-15-34(16-8-29)54(46,47)51-26-25-50-24-23-49-22-21-48-20-19-44(39(45)52-40(2,3)4)33-14-17-35-36(27-33)53-38(42-35)31-11-9-30(10-12-31)32-13-18-37(41-28-32)43(5)6/h7-18,27-28H,19-26H2,1-6H3. The number of amides is 1. The normalized spacial score (nSPS) is 11.9. The van der Waals surface area contributed by atoms with E-state index in [2.05, 4.69) is 35.3 Å². The zero-order chi connectivity index (χ0) is 38.7. The quantitative estimate of drug-likeness (QED) is 0.0645. The summed E-state index contributed by atoms with van der Waals surface area (Å²) in [5.41, 5.74) is 4.93. The first kappa shape index (κ1) is 40.7. The smallest absolute Gasteiger partial charge is 0.414 e. The Morgan fingerprint density at radius 2 is 1.37 bits per heavy atom. The fourth-order valence-electron chi connectivity index (χ4n) is 5.15. The Balaban J connectivity index is 1.08. The van der Waals surface area contributed by atoms with Gasteiger partial charge in [0.25, 0.3) is 10.1 Å².